The minimum Gasteiger partial charge on any atom is -0.481 e. The summed E-state index contributed by atoms with van der Waals surface area (Å²) in [5.41, 5.74) is 15.5. The van der Waals surface area contributed by atoms with Gasteiger partial charge >= 0.3 is 5.97 Å². The van der Waals surface area contributed by atoms with E-state index in [9.17, 15) is 28.8 Å². The molecule has 0 bridgehead atoms. The summed E-state index contributed by atoms with van der Waals surface area (Å²) in [6.07, 6.45) is 7.79. The van der Waals surface area contributed by atoms with Crippen LogP contribution in [0.5, 0.6) is 0 Å². The highest BCUT2D eigenvalue weighted by atomic mass is 16.4. The molecule has 16 nitrogen and oxygen atoms in total. The summed E-state index contributed by atoms with van der Waals surface area (Å²) in [5, 5.41) is 20.4. The maximum atomic E-state index is 12.5. The number of hydrogen-bond acceptors (Lipinski definition) is 8. The molecule has 0 aliphatic rings. The second kappa shape index (κ2) is 29.3. The minimum absolute atomic E-state index is 0.123. The maximum absolute atomic E-state index is 12.5. The molecule has 43 heavy (non-hydrogen) atoms. The van der Waals surface area contributed by atoms with Crippen molar-refractivity contribution >= 4 is 41.5 Å². The van der Waals surface area contributed by atoms with Gasteiger partial charge in [0.2, 0.25) is 29.5 Å². The van der Waals surface area contributed by atoms with Crippen LogP contribution in [-0.4, -0.2) is 91.9 Å². The molecular formula is C27H53N9O7. The number of aliphatic carboxylic acids is 1. The maximum Gasteiger partial charge on any atom is 0.305 e. The highest BCUT2D eigenvalue weighted by Gasteiger charge is 2.24. The van der Waals surface area contributed by atoms with Gasteiger partial charge < -0.3 is 48.9 Å². The van der Waals surface area contributed by atoms with E-state index in [-0.39, 0.29) is 37.8 Å². The summed E-state index contributed by atoms with van der Waals surface area (Å²) in [6.45, 7) is 8.06. The molecule has 0 saturated heterocycles. The first-order chi connectivity index (χ1) is 20.3. The van der Waals surface area contributed by atoms with Crippen molar-refractivity contribution in [1.29, 1.82) is 0 Å². The van der Waals surface area contributed by atoms with E-state index in [0.717, 1.165) is 13.0 Å². The van der Waals surface area contributed by atoms with Gasteiger partial charge in [0.15, 0.2) is 5.96 Å². The van der Waals surface area contributed by atoms with E-state index in [1.165, 1.54) is 19.9 Å². The molecule has 12 N–H and O–H groups in total. The predicted molar refractivity (Wildman–Crippen MR) is 165 cm³/mol. The number of likely N-dealkylation sites (N-methyl/N-ethyl adjacent to an activating group) is 1. The van der Waals surface area contributed by atoms with E-state index in [4.69, 9.17) is 22.3 Å². The Balaban J connectivity index is -0.00000136. The summed E-state index contributed by atoms with van der Waals surface area (Å²) >= 11 is 0. The van der Waals surface area contributed by atoms with Crippen molar-refractivity contribution in [3.63, 3.8) is 0 Å². The second-order valence-electron chi connectivity index (χ2n) is 8.83. The zero-order chi connectivity index (χ0) is 33.6. The van der Waals surface area contributed by atoms with Gasteiger partial charge in [0.05, 0.1) is 19.5 Å². The Morgan fingerprint density at radius 1 is 0.814 bits per heavy atom. The lowest BCUT2D eigenvalue weighted by Crippen LogP contribution is -2.53. The van der Waals surface area contributed by atoms with Gasteiger partial charge in [-0.15, -0.1) is 0 Å². The molecule has 2 unspecified atom stereocenters. The fourth-order valence-electron chi connectivity index (χ4n) is 2.75. The number of carbonyl (C=O) groups excluding carboxylic acids is 5. The molecule has 0 rings (SSSR count). The van der Waals surface area contributed by atoms with Gasteiger partial charge in [0.25, 0.3) is 0 Å². The largest absolute Gasteiger partial charge is 0.481 e. The summed E-state index contributed by atoms with van der Waals surface area (Å²) in [5.74, 6) is -4.63. The Hall–Kier alpha value is -4.21. The van der Waals surface area contributed by atoms with Crippen LogP contribution in [0.25, 0.3) is 0 Å². The number of rotatable bonds is 18. The molecule has 248 valence electrons. The third kappa shape index (κ3) is 29.1. The first-order valence-corrected chi connectivity index (χ1v) is 14.3. The minimum atomic E-state index is -1.32. The van der Waals surface area contributed by atoms with Crippen LogP contribution in [0.4, 0.5) is 0 Å². The lowest BCUT2D eigenvalue weighted by atomic mass is 10.1. The average molecular weight is 616 g/mol. The number of aliphatic imine (C=N–C) groups is 1. The van der Waals surface area contributed by atoms with E-state index < -0.39 is 54.6 Å². The molecule has 0 spiro atoms. The number of hydrogen-bond donors (Lipinski definition) is 9. The molecule has 0 aliphatic carbocycles. The van der Waals surface area contributed by atoms with Crippen molar-refractivity contribution in [2.45, 2.75) is 84.7 Å². The van der Waals surface area contributed by atoms with Crippen molar-refractivity contribution in [2.75, 3.05) is 33.2 Å². The third-order valence-corrected chi connectivity index (χ3v) is 4.99. The van der Waals surface area contributed by atoms with Crippen LogP contribution in [0, 0.1) is 0 Å². The molecule has 5 amide bonds. The van der Waals surface area contributed by atoms with Gasteiger partial charge in [0, 0.05) is 20.0 Å². The van der Waals surface area contributed by atoms with Crippen LogP contribution in [0.3, 0.4) is 0 Å². The topological polar surface area (TPSA) is 273 Å². The molecule has 0 saturated carbocycles. The van der Waals surface area contributed by atoms with Gasteiger partial charge in [-0.2, -0.15) is 0 Å². The zero-order valence-electron chi connectivity index (χ0n) is 26.2. The van der Waals surface area contributed by atoms with Crippen molar-refractivity contribution in [3.05, 3.63) is 12.2 Å². The van der Waals surface area contributed by atoms with Crippen molar-refractivity contribution < 1.29 is 33.9 Å². The summed E-state index contributed by atoms with van der Waals surface area (Å²) < 4.78 is 0. The Labute approximate surface area is 254 Å². The number of amides is 5. The SMILES string of the molecule is CC/C=C\CC.CCC(=O)NCC(=O)NC(CCCN=C(N)N)C(=O)NCC(=O)NC(CC(=O)O)C(=O)NC.CCCN. The number of allylic oxidation sites excluding steroid dienone is 2. The van der Waals surface area contributed by atoms with E-state index in [0.29, 0.717) is 6.42 Å². The summed E-state index contributed by atoms with van der Waals surface area (Å²) in [6, 6.07) is -2.39. The standard InChI is InChI=1S/C18H32N8O7.C6H12.C3H9N/c1-3-12(27)23-8-13(28)25-10(5-4-6-22-18(19)20)17(33)24-9-14(29)26-11(7-15(30)31)16(32)21-2;1-3-5-6-4-2;1-2-3-4/h10-11H,3-9H2,1-2H3,(H,21,32)(H,23,27)(H,24,33)(H,25,28)(H,26,29)(H,30,31)(H4,19,20,22);5-6H,3-4H2,1-2H3;2-4H2,1H3/b;6-5-;. The number of nitrogens with one attached hydrogen (secondary N) is 5. The average Bonchev–Trinajstić information content (AvgIpc) is 2.98. The molecule has 0 radical (unpaired) electrons. The number of carboxylic acids is 1. The van der Waals surface area contributed by atoms with Gasteiger partial charge in [-0.3, -0.25) is 33.8 Å². The van der Waals surface area contributed by atoms with Crippen LogP contribution >= 0.6 is 0 Å². The van der Waals surface area contributed by atoms with Crippen LogP contribution in [0.2, 0.25) is 0 Å². The number of nitrogens with zero attached hydrogens (tertiary/aromatic N) is 1. The highest BCUT2D eigenvalue weighted by molar-refractivity contribution is 5.94. The Morgan fingerprint density at radius 3 is 1.74 bits per heavy atom. The molecular weight excluding hydrogens is 562 g/mol. The quantitative estimate of drug-likeness (QED) is 0.0376. The van der Waals surface area contributed by atoms with Gasteiger partial charge in [0.1, 0.15) is 12.1 Å². The predicted octanol–water partition coefficient (Wildman–Crippen LogP) is -1.41. The molecule has 0 aromatic carbocycles. The molecule has 0 heterocycles. The third-order valence-electron chi connectivity index (χ3n) is 4.99. The normalized spacial score (nSPS) is 11.2. The molecule has 0 aromatic rings. The van der Waals surface area contributed by atoms with Gasteiger partial charge in [-0.1, -0.05) is 39.8 Å². The van der Waals surface area contributed by atoms with Gasteiger partial charge in [-0.25, -0.2) is 0 Å². The van der Waals surface area contributed by atoms with Crippen molar-refractivity contribution in [2.24, 2.45) is 22.2 Å². The Bertz CT molecular complexity index is 884. The van der Waals surface area contributed by atoms with Crippen molar-refractivity contribution in [3.8, 4) is 0 Å². The van der Waals surface area contributed by atoms with Crippen LogP contribution in [0.15, 0.2) is 17.1 Å². The number of carbonyl (C=O) groups is 6. The summed E-state index contributed by atoms with van der Waals surface area (Å²) in [4.78, 5) is 74.3. The smallest absolute Gasteiger partial charge is 0.305 e. The molecule has 0 aromatic heterocycles. The first-order valence-electron chi connectivity index (χ1n) is 14.3. The zero-order valence-corrected chi connectivity index (χ0v) is 26.2. The Morgan fingerprint density at radius 2 is 1.33 bits per heavy atom. The lowest BCUT2D eigenvalue weighted by Gasteiger charge is -2.19. The molecule has 16 heteroatoms. The highest BCUT2D eigenvalue weighted by Crippen LogP contribution is 1.99. The summed E-state index contributed by atoms with van der Waals surface area (Å²) in [7, 11) is 1.28. The van der Waals surface area contributed by atoms with E-state index in [2.05, 4.69) is 64.5 Å². The van der Waals surface area contributed by atoms with Crippen LogP contribution in [-0.2, 0) is 28.8 Å². The molecule has 2 atom stereocenters. The van der Waals surface area contributed by atoms with E-state index >= 15 is 0 Å². The Kier molecular flexibility index (Phi) is 29.5. The van der Waals surface area contributed by atoms with Gasteiger partial charge in [-0.05, 0) is 38.6 Å². The lowest BCUT2D eigenvalue weighted by molar-refractivity contribution is -0.140. The monoisotopic (exact) mass is 615 g/mol. The number of nitrogens with two attached hydrogens (primary N) is 3. The van der Waals surface area contributed by atoms with Crippen molar-refractivity contribution in [1.82, 2.24) is 26.6 Å². The van der Waals surface area contributed by atoms with E-state index in [1.807, 2.05) is 0 Å². The molecule has 0 fully saturated rings. The van der Waals surface area contributed by atoms with Crippen LogP contribution in [0.1, 0.15) is 72.6 Å². The first kappa shape index (κ1) is 43.2. The fraction of sp³-hybridized carbons (Fsp3) is 0.667. The second-order valence-corrected chi connectivity index (χ2v) is 8.83. The molecule has 0 aliphatic heterocycles. The van der Waals surface area contributed by atoms with E-state index in [1.54, 1.807) is 6.92 Å². The fourth-order valence-corrected chi connectivity index (χ4v) is 2.75. The number of carboxylic acid groups (broad SMARTS) is 1. The number of guanidine groups is 1. The van der Waals surface area contributed by atoms with Crippen LogP contribution < -0.4 is 43.8 Å².